The highest BCUT2D eigenvalue weighted by Crippen LogP contribution is 2.24. The molecule has 696 valence electrons. The minimum absolute atomic E-state index is 0.0810. The molecule has 0 unspecified atom stereocenters. The van der Waals surface area contributed by atoms with Gasteiger partial charge in [0.05, 0.1) is 14.7 Å². The monoisotopic (exact) mass is 1960 g/mol. The summed E-state index contributed by atoms with van der Waals surface area (Å²) >= 11 is 30.5. The number of halogens is 11. The number of rotatable bonds is 4. The van der Waals surface area contributed by atoms with Gasteiger partial charge in [-0.2, -0.15) is 0 Å². The van der Waals surface area contributed by atoms with Gasteiger partial charge in [-0.15, -0.1) is 11.8 Å². The van der Waals surface area contributed by atoms with Crippen LogP contribution < -0.4 is 0 Å². The van der Waals surface area contributed by atoms with Crippen molar-refractivity contribution in [1.29, 1.82) is 0 Å². The Labute approximate surface area is 804 Å². The summed E-state index contributed by atoms with van der Waals surface area (Å²) in [5.41, 5.74) is 15.8. The molecule has 9 nitrogen and oxygen atoms in total. The van der Waals surface area contributed by atoms with Gasteiger partial charge in [-0.1, -0.05) is 238 Å². The first-order chi connectivity index (χ1) is 61.6. The number of pyridine rings is 3. The molecule has 15 rings (SSSR count). The second kappa shape index (κ2) is 65.0. The summed E-state index contributed by atoms with van der Waals surface area (Å²) in [4.78, 5) is 14.0. The fraction of sp³-hybridized carbons (Fsp3) is 0.187. The molecule has 0 aliphatic carbocycles. The Morgan fingerprint density at radius 1 is 0.260 bits per heavy atom. The zero-order valence-corrected chi connectivity index (χ0v) is 84.5. The first-order valence-corrected chi connectivity index (χ1v) is 49.2. The SMILES string of the molecule is CSc1ccc(Cl)c(C)c1.Cc1c(Cl)cccc1Cl.Cc1c(F)cccc1F.Cc1cc(S(C)(=O)=O)ccc1Cl.Cc1ccc(F)cc1.Cc1ccc(S(C)(=O)=O)cc1.Cc1cccc(F)c1F.Cc1cccc(S(C)(=O)=O)c1.Cc1ccccc1.Cc1ccccc1C.Cc1ccccc1Cl.Cc1ccccc1F.Cc1ccccn1.Cc1cccnc1.Cc1ccncc1. The van der Waals surface area contributed by atoms with Gasteiger partial charge in [0.2, 0.25) is 0 Å². The van der Waals surface area contributed by atoms with Crippen molar-refractivity contribution in [1.82, 2.24) is 15.0 Å². The van der Waals surface area contributed by atoms with E-state index >= 15 is 0 Å². The Morgan fingerprint density at radius 2 is 0.641 bits per heavy atom. The Balaban J connectivity index is 0.000000704. The molecule has 0 radical (unpaired) electrons. The Bertz CT molecular complexity index is 5630. The van der Waals surface area contributed by atoms with E-state index < -0.39 is 52.8 Å². The maximum Gasteiger partial charge on any atom is 0.175 e. The molecule has 0 spiro atoms. The van der Waals surface area contributed by atoms with E-state index in [9.17, 15) is 51.6 Å². The molecule has 0 aliphatic rings. The standard InChI is InChI=1S/C8H9ClO2S.C8H9ClS.2C8H10O2S.C8H10.C7H6Cl2.C7H7Cl.2C7H6F2.2C7H7F.C7H8.3C6H7N/c1-6-5-7(12(2,10)11)3-4-8(6)9;1-6-5-7(10-2)3-4-8(6)9;1-7-3-5-8(6-4-7)11(2,9)10;1-7-4-3-5-8(6-7)11(2,9)10;1-7-5-3-4-6-8(7)2;1-5-6(8)3-2-4-7(5)9;1-6-4-2-3-5-7(6)8;1-5-6(8)3-2-4-7(5)9;1-5-3-2-4-6(8)7(5)9;1-6-2-4-7(8)5-3-6;1-6-4-2-3-5-7(6)8;1-7-5-3-2-4-6-7;1-6-2-4-7-5-3-6;1-6-3-2-4-7-5-6;1-6-4-2-3-5-7-6/h3-5H,1-2H3;3-5H,1-2H3;2*3-6H,1-2H3;3-6H,1-2H3;2-4H,1H3;2-5H,1H3;2*2-4H,1H3;2*2-5H,1H3;2-6H,1H3;3*2-5H,1H3. The summed E-state index contributed by atoms with van der Waals surface area (Å²) in [5.74, 6) is -2.82. The third kappa shape index (κ3) is 55.3. The molecule has 0 fully saturated rings. The maximum absolute atomic E-state index is 12.4. The highest BCUT2D eigenvalue weighted by atomic mass is 35.5. The van der Waals surface area contributed by atoms with Crippen LogP contribution in [0.25, 0.3) is 0 Å². The van der Waals surface area contributed by atoms with E-state index in [4.69, 9.17) is 58.0 Å². The summed E-state index contributed by atoms with van der Waals surface area (Å²) in [5, 5.41) is 3.72. The van der Waals surface area contributed by atoms with Crippen LogP contribution in [0.3, 0.4) is 0 Å². The molecule has 131 heavy (non-hydrogen) atoms. The molecule has 0 saturated heterocycles. The number of benzene rings is 12. The van der Waals surface area contributed by atoms with Gasteiger partial charge < -0.3 is 0 Å². The lowest BCUT2D eigenvalue weighted by atomic mass is 10.1. The van der Waals surface area contributed by atoms with Crippen molar-refractivity contribution in [2.45, 2.75) is 130 Å². The number of hydrogen-bond donors (Lipinski definition) is 0. The smallest absolute Gasteiger partial charge is 0.175 e. The first-order valence-electron chi connectivity index (χ1n) is 40.4. The molecule has 24 heteroatoms. The zero-order valence-electron chi connectivity index (χ0n) is 77.4. The molecule has 0 saturated carbocycles. The predicted octanol–water partition coefficient (Wildman–Crippen LogP) is 31.5. The van der Waals surface area contributed by atoms with Crippen molar-refractivity contribution >= 4 is 99.3 Å². The highest BCUT2D eigenvalue weighted by Gasteiger charge is 2.09. The van der Waals surface area contributed by atoms with Gasteiger partial charge in [0, 0.05) is 91.0 Å². The summed E-state index contributed by atoms with van der Waals surface area (Å²) in [7, 11) is -9.15. The fourth-order valence-corrected chi connectivity index (χ4v) is 12.5. The van der Waals surface area contributed by atoms with Crippen LogP contribution in [0, 0.1) is 146 Å². The molecule has 12 aromatic carbocycles. The van der Waals surface area contributed by atoms with E-state index in [0.717, 1.165) is 70.8 Å². The lowest BCUT2D eigenvalue weighted by molar-refractivity contribution is 0.503. The van der Waals surface area contributed by atoms with Crippen molar-refractivity contribution in [3.05, 3.63) is 490 Å². The van der Waals surface area contributed by atoms with Crippen LogP contribution in [0.4, 0.5) is 26.3 Å². The van der Waals surface area contributed by atoms with Crippen molar-refractivity contribution in [3.63, 3.8) is 0 Å². The molecule has 0 N–H and O–H groups in total. The largest absolute Gasteiger partial charge is 0.265 e. The third-order valence-corrected chi connectivity index (χ3v) is 23.5. The van der Waals surface area contributed by atoms with E-state index in [1.54, 1.807) is 129 Å². The summed E-state index contributed by atoms with van der Waals surface area (Å²) < 4.78 is 140. The minimum atomic E-state index is -3.10. The molecule has 3 heterocycles. The normalized spacial score (nSPS) is 9.85. The van der Waals surface area contributed by atoms with Crippen molar-refractivity contribution in [2.75, 3.05) is 25.0 Å². The van der Waals surface area contributed by atoms with Gasteiger partial charge in [-0.25, -0.2) is 51.6 Å². The van der Waals surface area contributed by atoms with E-state index in [1.807, 2.05) is 196 Å². The molecular weight excluding hydrogens is 1840 g/mol. The van der Waals surface area contributed by atoms with Gasteiger partial charge >= 0.3 is 0 Å². The predicted molar refractivity (Wildman–Crippen MR) is 542 cm³/mol. The van der Waals surface area contributed by atoms with Gasteiger partial charge in [0.15, 0.2) is 41.1 Å². The number of aryl methyl sites for hydroxylation is 14. The van der Waals surface area contributed by atoms with Crippen molar-refractivity contribution < 1.29 is 51.6 Å². The van der Waals surface area contributed by atoms with E-state index in [2.05, 4.69) is 84.4 Å². The topological polar surface area (TPSA) is 141 Å². The number of hydrogen-bond acceptors (Lipinski definition) is 10. The second-order valence-corrected chi connectivity index (χ2v) is 38.1. The van der Waals surface area contributed by atoms with E-state index in [1.165, 1.54) is 120 Å². The fourth-order valence-electron chi connectivity index (χ4n) is 9.15. The van der Waals surface area contributed by atoms with Crippen LogP contribution in [0.1, 0.15) is 89.1 Å². The Morgan fingerprint density at radius 3 is 0.969 bits per heavy atom. The van der Waals surface area contributed by atoms with Crippen LogP contribution in [0.15, 0.2) is 360 Å². The number of sulfone groups is 3. The summed E-state index contributed by atoms with van der Waals surface area (Å²) in [6.45, 7) is 30.4. The number of nitrogens with zero attached hydrogens (tertiary/aromatic N) is 3. The lowest BCUT2D eigenvalue weighted by Gasteiger charge is -2.00. The zero-order chi connectivity index (χ0) is 98.8. The molecule has 0 aliphatic heterocycles. The molecule has 15 aromatic rings. The Kier molecular flexibility index (Phi) is 58.7. The van der Waals surface area contributed by atoms with Crippen molar-refractivity contribution in [2.24, 2.45) is 0 Å². The van der Waals surface area contributed by atoms with Gasteiger partial charge in [-0.3, -0.25) is 15.0 Å². The molecule has 0 bridgehead atoms. The number of aromatic nitrogens is 3. The molecule has 3 aromatic heterocycles. The highest BCUT2D eigenvalue weighted by molar-refractivity contribution is 7.98. The van der Waals surface area contributed by atoms with E-state index in [-0.39, 0.29) is 17.2 Å². The molecule has 0 atom stereocenters. The van der Waals surface area contributed by atoms with Crippen molar-refractivity contribution in [3.8, 4) is 0 Å². The molecule has 0 amide bonds. The van der Waals surface area contributed by atoms with Crippen LogP contribution in [0.5, 0.6) is 0 Å². The minimum Gasteiger partial charge on any atom is -0.265 e. The summed E-state index contributed by atoms with van der Waals surface area (Å²) in [6, 6.07) is 91.0. The van der Waals surface area contributed by atoms with Gasteiger partial charge in [0.25, 0.3) is 0 Å². The van der Waals surface area contributed by atoms with Crippen LogP contribution in [0.2, 0.25) is 25.1 Å². The lowest BCUT2D eigenvalue weighted by Crippen LogP contribution is -1.96. The van der Waals surface area contributed by atoms with Crippen LogP contribution in [-0.4, -0.2) is 65.2 Å². The maximum atomic E-state index is 12.4. The van der Waals surface area contributed by atoms with E-state index in [0.29, 0.717) is 30.8 Å². The van der Waals surface area contributed by atoms with Crippen LogP contribution >= 0.6 is 69.8 Å². The summed E-state index contributed by atoms with van der Waals surface area (Å²) in [6.07, 6.45) is 14.6. The average Bonchev–Trinajstić information content (AvgIpc) is 0.848. The first kappa shape index (κ1) is 118. The average molecular weight is 1960 g/mol. The number of thioether (sulfide) groups is 1. The van der Waals surface area contributed by atoms with Crippen LogP contribution in [-0.2, 0) is 29.5 Å². The quantitative estimate of drug-likeness (QED) is 0.123. The molecular formula is C107H116Cl5F6N3O6S4. The second-order valence-electron chi connectivity index (χ2n) is 29.1. The third-order valence-electron chi connectivity index (χ3n) is 17.3. The van der Waals surface area contributed by atoms with Gasteiger partial charge in [0.1, 0.15) is 23.3 Å². The Hall–Kier alpha value is -10.7. The van der Waals surface area contributed by atoms with Gasteiger partial charge in [-0.05, 0) is 324 Å².